The minimum absolute atomic E-state index is 0.412. The van der Waals surface area contributed by atoms with Gasteiger partial charge in [-0.1, -0.05) is 0 Å². The molecule has 0 aliphatic heterocycles. The average molecular weight is 131 g/mol. The maximum atomic E-state index is 2.47. The maximum absolute atomic E-state index is 2.47. The lowest BCUT2D eigenvalue weighted by Gasteiger charge is -2.17. The summed E-state index contributed by atoms with van der Waals surface area (Å²) >= 11 is 0. The Morgan fingerprint density at radius 3 is 1.25 bits per heavy atom. The molecule has 2 heteroatoms. The summed E-state index contributed by atoms with van der Waals surface area (Å²) < 4.78 is 0. The molecule has 0 atom stereocenters. The van der Waals surface area contributed by atoms with E-state index in [4.69, 9.17) is 0 Å². The van der Waals surface area contributed by atoms with Gasteiger partial charge in [-0.15, -0.1) is 0 Å². The highest BCUT2D eigenvalue weighted by Gasteiger charge is 2.22. The fourth-order valence-corrected chi connectivity index (χ4v) is 2.01. The third kappa shape index (κ3) is 2.18. The smallest absolute Gasteiger partial charge is 0.0408 e. The number of hydrogen-bond donors (Lipinski definition) is 0. The molecule has 0 radical (unpaired) electrons. The minimum atomic E-state index is -0.412. The Labute approximate surface area is 54.8 Å². The molecule has 0 saturated carbocycles. The van der Waals surface area contributed by atoms with Gasteiger partial charge in [-0.25, -0.2) is 0 Å². The summed E-state index contributed by atoms with van der Waals surface area (Å²) in [5.74, 6) is 0. The second-order valence-corrected chi connectivity index (χ2v) is 7.70. The zero-order valence-corrected chi connectivity index (χ0v) is 7.46. The molecule has 8 heavy (non-hydrogen) atoms. The van der Waals surface area contributed by atoms with Crippen molar-refractivity contribution in [2.75, 3.05) is 18.5 Å². The molecule has 0 aliphatic carbocycles. The van der Waals surface area contributed by atoms with Gasteiger partial charge in [0, 0.05) is 18.5 Å². The van der Waals surface area contributed by atoms with E-state index in [0.29, 0.717) is 0 Å². The molecule has 0 spiro atoms. The number of hydrogen-bond acceptors (Lipinski definition) is 0. The van der Waals surface area contributed by atoms with Crippen LogP contribution in [0, 0.1) is 0 Å². The molecular formula is C6H17BP+. The quantitative estimate of drug-likeness (QED) is 0.403. The van der Waals surface area contributed by atoms with Crippen LogP contribution in [-0.4, -0.2) is 26.1 Å². The van der Waals surface area contributed by atoms with Gasteiger partial charge in [0.05, 0.1) is 0 Å². The summed E-state index contributed by atoms with van der Waals surface area (Å²) in [4.78, 5) is 0. The lowest BCUT2D eigenvalue weighted by atomic mass is 10.7. The van der Waals surface area contributed by atoms with Gasteiger partial charge in [-0.05, 0) is 27.9 Å². The van der Waals surface area contributed by atoms with Crippen LogP contribution in [0.15, 0.2) is 0 Å². The number of rotatable bonds is 3. The van der Waals surface area contributed by atoms with Crippen LogP contribution >= 0.6 is 7.14 Å². The Balaban J connectivity index is 3.58. The molecule has 0 fully saturated rings. The summed E-state index contributed by atoms with van der Waals surface area (Å²) in [5.41, 5.74) is 0. The van der Waals surface area contributed by atoms with E-state index >= 15 is 0 Å². The third-order valence-corrected chi connectivity index (χ3v) is 6.87. The Kier molecular flexibility index (Phi) is 3.72. The Morgan fingerprint density at radius 2 is 1.25 bits per heavy atom. The van der Waals surface area contributed by atoms with E-state index in [0.717, 1.165) is 0 Å². The predicted molar refractivity (Wildman–Crippen MR) is 47.1 cm³/mol. The van der Waals surface area contributed by atoms with Gasteiger partial charge in [0.25, 0.3) is 0 Å². The molecule has 0 amide bonds. The predicted octanol–water partition coefficient (Wildman–Crippen LogP) is 1.61. The SMILES string of the molecule is B[P+](CC)(CC)CC. The van der Waals surface area contributed by atoms with Crippen LogP contribution in [-0.2, 0) is 0 Å². The molecule has 0 saturated heterocycles. The van der Waals surface area contributed by atoms with E-state index in [-0.39, 0.29) is 0 Å². The summed E-state index contributed by atoms with van der Waals surface area (Å²) in [6, 6.07) is 0. The monoisotopic (exact) mass is 131 g/mol. The molecule has 0 aromatic heterocycles. The summed E-state index contributed by atoms with van der Waals surface area (Å²) in [7, 11) is 2.05. The van der Waals surface area contributed by atoms with Crippen LogP contribution in [0.5, 0.6) is 0 Å². The second kappa shape index (κ2) is 3.51. The molecule has 0 aromatic rings. The van der Waals surface area contributed by atoms with Crippen LogP contribution in [0.4, 0.5) is 0 Å². The first kappa shape index (κ1) is 8.49. The lowest BCUT2D eigenvalue weighted by molar-refractivity contribution is 1.34. The third-order valence-electron chi connectivity index (χ3n) is 2.29. The molecular weight excluding hydrogens is 114 g/mol. The van der Waals surface area contributed by atoms with Crippen molar-refractivity contribution < 1.29 is 0 Å². The van der Waals surface area contributed by atoms with Crippen LogP contribution < -0.4 is 0 Å². The maximum Gasteiger partial charge on any atom is 0.306 e. The zero-order valence-electron chi connectivity index (χ0n) is 6.57. The molecule has 48 valence electrons. The van der Waals surface area contributed by atoms with Crippen molar-refractivity contribution in [1.29, 1.82) is 0 Å². The first-order valence-electron chi connectivity index (χ1n) is 3.52. The highest BCUT2D eigenvalue weighted by Crippen LogP contribution is 2.52. The van der Waals surface area contributed by atoms with Crippen molar-refractivity contribution in [3.05, 3.63) is 0 Å². The van der Waals surface area contributed by atoms with Crippen LogP contribution in [0.3, 0.4) is 0 Å². The molecule has 0 N–H and O–H groups in total. The van der Waals surface area contributed by atoms with Gasteiger partial charge in [0.15, 0.2) is 0 Å². The molecule has 0 bridgehead atoms. The normalized spacial score (nSPS) is 11.9. The van der Waals surface area contributed by atoms with E-state index in [1.54, 1.807) is 0 Å². The van der Waals surface area contributed by atoms with Crippen molar-refractivity contribution in [1.82, 2.24) is 0 Å². The van der Waals surface area contributed by atoms with Crippen molar-refractivity contribution in [3.8, 4) is 0 Å². The topological polar surface area (TPSA) is 0 Å². The van der Waals surface area contributed by atoms with Crippen molar-refractivity contribution in [3.63, 3.8) is 0 Å². The first-order chi connectivity index (χ1) is 3.68. The van der Waals surface area contributed by atoms with Crippen molar-refractivity contribution in [2.45, 2.75) is 20.8 Å². The van der Waals surface area contributed by atoms with Crippen LogP contribution in [0.2, 0.25) is 0 Å². The van der Waals surface area contributed by atoms with E-state index in [1.165, 1.54) is 18.5 Å². The fourth-order valence-electron chi connectivity index (χ4n) is 0.671. The largest absolute Gasteiger partial charge is 0.306 e. The lowest BCUT2D eigenvalue weighted by Crippen LogP contribution is -2.00. The van der Waals surface area contributed by atoms with E-state index in [1.807, 2.05) is 0 Å². The van der Waals surface area contributed by atoms with Crippen molar-refractivity contribution in [2.24, 2.45) is 0 Å². The highest BCUT2D eigenvalue weighted by molar-refractivity contribution is 7.97. The van der Waals surface area contributed by atoms with E-state index in [9.17, 15) is 0 Å². The van der Waals surface area contributed by atoms with Gasteiger partial charge in [-0.2, -0.15) is 0 Å². The highest BCUT2D eigenvalue weighted by atomic mass is 31.2. The summed E-state index contributed by atoms with van der Waals surface area (Å²) in [5, 5.41) is 0. The zero-order chi connectivity index (χ0) is 6.62. The summed E-state index contributed by atoms with van der Waals surface area (Å²) in [6.07, 6.45) is 4.29. The van der Waals surface area contributed by atoms with Crippen LogP contribution in [0.25, 0.3) is 0 Å². The Hall–Kier alpha value is 0.495. The molecule has 0 heterocycles. The molecule has 0 rings (SSSR count). The van der Waals surface area contributed by atoms with Gasteiger partial charge in [0.2, 0.25) is 0 Å². The van der Waals surface area contributed by atoms with Crippen molar-refractivity contribution >= 4 is 14.7 Å². The Morgan fingerprint density at radius 1 is 1.00 bits per heavy atom. The summed E-state index contributed by atoms with van der Waals surface area (Å²) in [6.45, 7) is 6.96. The second-order valence-electron chi connectivity index (χ2n) is 2.57. The molecule has 0 aromatic carbocycles. The molecule has 0 unspecified atom stereocenters. The molecule has 0 aliphatic rings. The average Bonchev–Trinajstić information content (AvgIpc) is 1.87. The van der Waals surface area contributed by atoms with Gasteiger partial charge in [0.1, 0.15) is 0 Å². The fraction of sp³-hybridized carbons (Fsp3) is 1.00. The Bertz CT molecular complexity index is 51.3. The van der Waals surface area contributed by atoms with E-state index < -0.39 is 7.14 Å². The minimum Gasteiger partial charge on any atom is -0.0408 e. The van der Waals surface area contributed by atoms with Gasteiger partial charge >= 0.3 is 7.57 Å². The standard InChI is InChI=1S/C6H17BP/c1-4-8(7,5-2)6-3/h4-7H2,1-3H3/q+1. The molecule has 0 nitrogen and oxygen atoms in total. The van der Waals surface area contributed by atoms with E-state index in [2.05, 4.69) is 28.3 Å². The van der Waals surface area contributed by atoms with Crippen LogP contribution in [0.1, 0.15) is 20.8 Å². The first-order valence-corrected chi connectivity index (χ1v) is 6.31. The van der Waals surface area contributed by atoms with Gasteiger partial charge < -0.3 is 0 Å². The van der Waals surface area contributed by atoms with Gasteiger partial charge in [-0.3, -0.25) is 0 Å².